The highest BCUT2D eigenvalue weighted by Gasteiger charge is 2.16. The van der Waals surface area contributed by atoms with Crippen molar-refractivity contribution in [2.24, 2.45) is 0 Å². The number of rotatable bonds is 6. The molecule has 0 aliphatic heterocycles. The van der Waals surface area contributed by atoms with Gasteiger partial charge in [-0.2, -0.15) is 0 Å². The lowest BCUT2D eigenvalue weighted by Gasteiger charge is -2.20. The van der Waals surface area contributed by atoms with E-state index in [9.17, 15) is 0 Å². The zero-order valence-electron chi connectivity index (χ0n) is 8.31. The van der Waals surface area contributed by atoms with Crippen LogP contribution in [-0.2, 0) is 0 Å². The molecule has 0 saturated carbocycles. The van der Waals surface area contributed by atoms with Gasteiger partial charge >= 0.3 is 0 Å². The minimum atomic E-state index is -0.287. The summed E-state index contributed by atoms with van der Waals surface area (Å²) in [5.74, 6) is 0.833. The SMILES string of the molecule is CCC(NC(CO)CO)c1ccco1. The van der Waals surface area contributed by atoms with Gasteiger partial charge in [0.15, 0.2) is 0 Å². The van der Waals surface area contributed by atoms with Gasteiger partial charge in [-0.3, -0.25) is 0 Å². The molecule has 1 aromatic rings. The number of furan rings is 1. The highest BCUT2D eigenvalue weighted by Crippen LogP contribution is 2.17. The molecule has 0 bridgehead atoms. The first-order chi connectivity index (χ1) is 6.81. The molecule has 0 radical (unpaired) electrons. The first kappa shape index (κ1) is 11.2. The van der Waals surface area contributed by atoms with Gasteiger partial charge in [0.2, 0.25) is 0 Å². The molecule has 3 N–H and O–H groups in total. The van der Waals surface area contributed by atoms with Crippen molar-refractivity contribution in [2.75, 3.05) is 13.2 Å². The van der Waals surface area contributed by atoms with Crippen LogP contribution in [0.15, 0.2) is 22.8 Å². The molecule has 14 heavy (non-hydrogen) atoms. The molecule has 4 nitrogen and oxygen atoms in total. The Morgan fingerprint density at radius 3 is 2.57 bits per heavy atom. The van der Waals surface area contributed by atoms with Crippen LogP contribution in [0.5, 0.6) is 0 Å². The third kappa shape index (κ3) is 2.83. The van der Waals surface area contributed by atoms with Gasteiger partial charge in [0.25, 0.3) is 0 Å². The van der Waals surface area contributed by atoms with Gasteiger partial charge in [-0.15, -0.1) is 0 Å². The molecule has 0 aliphatic carbocycles. The summed E-state index contributed by atoms with van der Waals surface area (Å²) in [6.07, 6.45) is 2.47. The fraction of sp³-hybridized carbons (Fsp3) is 0.600. The van der Waals surface area contributed by atoms with E-state index in [1.165, 1.54) is 0 Å². The maximum atomic E-state index is 8.91. The fourth-order valence-electron chi connectivity index (χ4n) is 1.34. The van der Waals surface area contributed by atoms with E-state index in [1.54, 1.807) is 6.26 Å². The number of nitrogens with one attached hydrogen (secondary N) is 1. The Morgan fingerprint density at radius 1 is 1.43 bits per heavy atom. The normalized spacial score (nSPS) is 13.4. The molecular formula is C10H17NO3. The third-order valence-electron chi connectivity index (χ3n) is 2.17. The van der Waals surface area contributed by atoms with Crippen LogP contribution in [0.3, 0.4) is 0 Å². The van der Waals surface area contributed by atoms with E-state index in [4.69, 9.17) is 14.6 Å². The lowest BCUT2D eigenvalue weighted by atomic mass is 10.1. The van der Waals surface area contributed by atoms with Crippen molar-refractivity contribution in [2.45, 2.75) is 25.4 Å². The number of hydrogen-bond donors (Lipinski definition) is 3. The molecule has 0 aliphatic rings. The van der Waals surface area contributed by atoms with Crippen LogP contribution in [0.1, 0.15) is 25.1 Å². The molecule has 1 aromatic heterocycles. The Hall–Kier alpha value is -0.840. The van der Waals surface area contributed by atoms with Crippen molar-refractivity contribution in [3.8, 4) is 0 Å². The Balaban J connectivity index is 2.55. The van der Waals surface area contributed by atoms with Crippen LogP contribution >= 0.6 is 0 Å². The van der Waals surface area contributed by atoms with Crippen molar-refractivity contribution in [1.29, 1.82) is 0 Å². The van der Waals surface area contributed by atoms with Gasteiger partial charge in [0.05, 0.1) is 31.6 Å². The fourth-order valence-corrected chi connectivity index (χ4v) is 1.34. The van der Waals surface area contributed by atoms with Crippen molar-refractivity contribution in [3.63, 3.8) is 0 Å². The van der Waals surface area contributed by atoms with Crippen molar-refractivity contribution in [1.82, 2.24) is 5.32 Å². The number of hydrogen-bond acceptors (Lipinski definition) is 4. The van der Waals surface area contributed by atoms with Crippen LogP contribution < -0.4 is 5.32 Å². The number of aliphatic hydroxyl groups excluding tert-OH is 2. The van der Waals surface area contributed by atoms with Gasteiger partial charge in [0, 0.05) is 0 Å². The third-order valence-corrected chi connectivity index (χ3v) is 2.17. The minimum Gasteiger partial charge on any atom is -0.468 e. The second kappa shape index (κ2) is 5.80. The first-order valence-electron chi connectivity index (χ1n) is 4.83. The molecule has 0 aromatic carbocycles. The number of aliphatic hydroxyl groups is 2. The largest absolute Gasteiger partial charge is 0.468 e. The molecule has 1 heterocycles. The van der Waals surface area contributed by atoms with Gasteiger partial charge in [0.1, 0.15) is 5.76 Å². The van der Waals surface area contributed by atoms with E-state index < -0.39 is 0 Å². The average Bonchev–Trinajstić information content (AvgIpc) is 2.73. The standard InChI is InChI=1S/C10H17NO3/c1-2-9(10-4-3-5-14-10)11-8(6-12)7-13/h3-5,8-9,11-13H,2,6-7H2,1H3. The Kier molecular flexibility index (Phi) is 4.65. The molecule has 0 amide bonds. The zero-order valence-corrected chi connectivity index (χ0v) is 8.31. The summed E-state index contributed by atoms with van der Waals surface area (Å²) in [6.45, 7) is 1.87. The van der Waals surface area contributed by atoms with Crippen LogP contribution in [-0.4, -0.2) is 29.5 Å². The predicted molar refractivity (Wildman–Crippen MR) is 52.8 cm³/mol. The van der Waals surface area contributed by atoms with Crippen LogP contribution in [0, 0.1) is 0 Å². The lowest BCUT2D eigenvalue weighted by molar-refractivity contribution is 0.157. The highest BCUT2D eigenvalue weighted by molar-refractivity contribution is 5.04. The Labute approximate surface area is 83.6 Å². The summed E-state index contributed by atoms with van der Waals surface area (Å²) in [5.41, 5.74) is 0. The van der Waals surface area contributed by atoms with Gasteiger partial charge in [-0.05, 0) is 18.6 Å². The molecular weight excluding hydrogens is 182 g/mol. The summed E-state index contributed by atoms with van der Waals surface area (Å²) in [4.78, 5) is 0. The maximum Gasteiger partial charge on any atom is 0.120 e. The van der Waals surface area contributed by atoms with Crippen LogP contribution in [0.4, 0.5) is 0 Å². The minimum absolute atomic E-state index is 0.0503. The first-order valence-corrected chi connectivity index (χ1v) is 4.83. The zero-order chi connectivity index (χ0) is 10.4. The molecule has 1 atom stereocenters. The van der Waals surface area contributed by atoms with E-state index >= 15 is 0 Å². The molecule has 0 spiro atoms. The molecule has 1 unspecified atom stereocenters. The van der Waals surface area contributed by atoms with E-state index in [2.05, 4.69) is 5.32 Å². The molecule has 80 valence electrons. The topological polar surface area (TPSA) is 65.6 Å². The molecule has 0 saturated heterocycles. The van der Waals surface area contributed by atoms with Gasteiger partial charge in [-0.1, -0.05) is 6.92 Å². The molecule has 4 heteroatoms. The summed E-state index contributed by atoms with van der Waals surface area (Å²) < 4.78 is 5.25. The van der Waals surface area contributed by atoms with E-state index in [0.29, 0.717) is 0 Å². The summed E-state index contributed by atoms with van der Waals surface area (Å²) in [6, 6.07) is 3.47. The van der Waals surface area contributed by atoms with Crippen LogP contribution in [0.25, 0.3) is 0 Å². The lowest BCUT2D eigenvalue weighted by Crippen LogP contribution is -2.38. The van der Waals surface area contributed by atoms with Crippen molar-refractivity contribution in [3.05, 3.63) is 24.2 Å². The average molecular weight is 199 g/mol. The predicted octanol–water partition coefficient (Wildman–Crippen LogP) is 0.673. The van der Waals surface area contributed by atoms with Gasteiger partial charge < -0.3 is 19.9 Å². The second-order valence-electron chi connectivity index (χ2n) is 3.20. The van der Waals surface area contributed by atoms with E-state index in [1.807, 2.05) is 19.1 Å². The summed E-state index contributed by atoms with van der Waals surface area (Å²) in [7, 11) is 0. The van der Waals surface area contributed by atoms with Gasteiger partial charge in [-0.25, -0.2) is 0 Å². The van der Waals surface area contributed by atoms with E-state index in [0.717, 1.165) is 12.2 Å². The smallest absolute Gasteiger partial charge is 0.120 e. The van der Waals surface area contributed by atoms with E-state index in [-0.39, 0.29) is 25.3 Å². The Morgan fingerprint density at radius 2 is 2.14 bits per heavy atom. The van der Waals surface area contributed by atoms with Crippen molar-refractivity contribution >= 4 is 0 Å². The second-order valence-corrected chi connectivity index (χ2v) is 3.20. The molecule has 0 fully saturated rings. The quantitative estimate of drug-likeness (QED) is 0.630. The monoisotopic (exact) mass is 199 g/mol. The highest BCUT2D eigenvalue weighted by atomic mass is 16.3. The maximum absolute atomic E-state index is 8.91. The van der Waals surface area contributed by atoms with Crippen LogP contribution in [0.2, 0.25) is 0 Å². The summed E-state index contributed by atoms with van der Waals surface area (Å²) >= 11 is 0. The molecule has 1 rings (SSSR count). The Bertz CT molecular complexity index is 232. The van der Waals surface area contributed by atoms with Crippen molar-refractivity contribution < 1.29 is 14.6 Å². The summed E-state index contributed by atoms with van der Waals surface area (Å²) in [5, 5.41) is 20.9.